The molecule has 1 unspecified atom stereocenters. The van der Waals surface area contributed by atoms with Gasteiger partial charge >= 0.3 is 6.18 Å². The van der Waals surface area contributed by atoms with Gasteiger partial charge in [0.1, 0.15) is 6.33 Å². The summed E-state index contributed by atoms with van der Waals surface area (Å²) in [6.45, 7) is 0.300. The zero-order valence-corrected chi connectivity index (χ0v) is 9.74. The zero-order chi connectivity index (χ0) is 13.2. The van der Waals surface area contributed by atoms with Gasteiger partial charge < -0.3 is 5.73 Å². The Kier molecular flexibility index (Phi) is 3.65. The average molecular weight is 257 g/mol. The van der Waals surface area contributed by atoms with Gasteiger partial charge in [0, 0.05) is 6.54 Å². The van der Waals surface area contributed by atoms with E-state index in [2.05, 4.69) is 9.97 Å². The minimum absolute atomic E-state index is 0.0286. The van der Waals surface area contributed by atoms with Crippen molar-refractivity contribution in [3.8, 4) is 0 Å². The summed E-state index contributed by atoms with van der Waals surface area (Å²) in [7, 11) is 0. The van der Waals surface area contributed by atoms with Crippen molar-refractivity contribution in [2.45, 2.75) is 32.0 Å². The molecule has 2 rings (SSSR count). The molecule has 0 saturated carbocycles. The van der Waals surface area contributed by atoms with Crippen molar-refractivity contribution in [2.24, 2.45) is 11.7 Å². The molecule has 0 fully saturated rings. The van der Waals surface area contributed by atoms with Gasteiger partial charge in [0.25, 0.3) is 0 Å². The first-order valence-corrected chi connectivity index (χ1v) is 5.78. The monoisotopic (exact) mass is 257 g/mol. The first-order chi connectivity index (χ1) is 8.50. The van der Waals surface area contributed by atoms with Crippen LogP contribution >= 0.6 is 0 Å². The SMILES string of the molecule is NCc1cc(C2=CCC(C(F)(F)F)CC2)ncn1. The van der Waals surface area contributed by atoms with E-state index in [1.54, 1.807) is 12.1 Å². The third kappa shape index (κ3) is 2.87. The molecule has 0 aliphatic heterocycles. The van der Waals surface area contributed by atoms with Crippen LogP contribution in [0.2, 0.25) is 0 Å². The van der Waals surface area contributed by atoms with Crippen molar-refractivity contribution < 1.29 is 13.2 Å². The van der Waals surface area contributed by atoms with E-state index >= 15 is 0 Å². The van der Waals surface area contributed by atoms with Crippen LogP contribution in [-0.4, -0.2) is 16.1 Å². The number of hydrogen-bond acceptors (Lipinski definition) is 3. The van der Waals surface area contributed by atoms with E-state index in [0.717, 1.165) is 5.57 Å². The minimum Gasteiger partial charge on any atom is -0.325 e. The van der Waals surface area contributed by atoms with Crippen LogP contribution in [0.5, 0.6) is 0 Å². The second-order valence-corrected chi connectivity index (χ2v) is 4.34. The Morgan fingerprint density at radius 2 is 2.11 bits per heavy atom. The molecule has 0 aromatic carbocycles. The van der Waals surface area contributed by atoms with Crippen molar-refractivity contribution in [1.82, 2.24) is 9.97 Å². The van der Waals surface area contributed by atoms with Gasteiger partial charge in [-0.15, -0.1) is 0 Å². The molecule has 1 aliphatic carbocycles. The van der Waals surface area contributed by atoms with E-state index in [0.29, 0.717) is 24.4 Å². The van der Waals surface area contributed by atoms with Crippen molar-refractivity contribution >= 4 is 5.57 Å². The van der Waals surface area contributed by atoms with Gasteiger partial charge in [0.2, 0.25) is 0 Å². The molecule has 1 aromatic heterocycles. The Hall–Kier alpha value is -1.43. The molecule has 6 heteroatoms. The van der Waals surface area contributed by atoms with Gasteiger partial charge in [0.05, 0.1) is 17.3 Å². The quantitative estimate of drug-likeness (QED) is 0.886. The van der Waals surface area contributed by atoms with Crippen LogP contribution in [0.15, 0.2) is 18.5 Å². The predicted octanol–water partition coefficient (Wildman–Crippen LogP) is 2.68. The zero-order valence-electron chi connectivity index (χ0n) is 9.74. The van der Waals surface area contributed by atoms with E-state index in [-0.39, 0.29) is 12.8 Å². The smallest absolute Gasteiger partial charge is 0.325 e. The molecule has 0 radical (unpaired) electrons. The summed E-state index contributed by atoms with van der Waals surface area (Å²) < 4.78 is 37.6. The minimum atomic E-state index is -4.10. The molecule has 0 bridgehead atoms. The number of alkyl halides is 3. The molecule has 18 heavy (non-hydrogen) atoms. The van der Waals surface area contributed by atoms with Crippen molar-refractivity contribution in [3.05, 3.63) is 29.9 Å². The molecule has 3 nitrogen and oxygen atoms in total. The third-order valence-corrected chi connectivity index (χ3v) is 3.14. The molecule has 1 aliphatic rings. The maximum Gasteiger partial charge on any atom is 0.392 e. The lowest BCUT2D eigenvalue weighted by atomic mass is 9.88. The lowest BCUT2D eigenvalue weighted by molar-refractivity contribution is -0.175. The number of aromatic nitrogens is 2. The summed E-state index contributed by atoms with van der Waals surface area (Å²) in [5, 5.41) is 0. The molecule has 0 amide bonds. The molecule has 0 spiro atoms. The van der Waals surface area contributed by atoms with Gasteiger partial charge in [-0.05, 0) is 30.9 Å². The fraction of sp³-hybridized carbons (Fsp3) is 0.500. The van der Waals surface area contributed by atoms with Crippen LogP contribution in [0, 0.1) is 5.92 Å². The largest absolute Gasteiger partial charge is 0.392 e. The van der Waals surface area contributed by atoms with E-state index in [1.807, 2.05) is 0 Å². The highest BCUT2D eigenvalue weighted by molar-refractivity contribution is 5.63. The number of allylic oxidation sites excluding steroid dienone is 2. The van der Waals surface area contributed by atoms with Crippen LogP contribution in [0.25, 0.3) is 5.57 Å². The lowest BCUT2D eigenvalue weighted by Crippen LogP contribution is -2.24. The second kappa shape index (κ2) is 5.06. The molecule has 1 atom stereocenters. The first-order valence-electron chi connectivity index (χ1n) is 5.78. The predicted molar refractivity (Wildman–Crippen MR) is 61.3 cm³/mol. The number of nitrogens with zero attached hydrogens (tertiary/aromatic N) is 2. The molecular weight excluding hydrogens is 243 g/mol. The van der Waals surface area contributed by atoms with Gasteiger partial charge in [-0.2, -0.15) is 13.2 Å². The molecule has 0 saturated heterocycles. The maximum atomic E-state index is 12.5. The standard InChI is InChI=1S/C12H14F3N3/c13-12(14,15)9-3-1-8(2-4-9)11-5-10(6-16)17-7-18-11/h1,5,7,9H,2-4,6,16H2. The van der Waals surface area contributed by atoms with Crippen LogP contribution < -0.4 is 5.73 Å². The van der Waals surface area contributed by atoms with Crippen LogP contribution in [0.4, 0.5) is 13.2 Å². The van der Waals surface area contributed by atoms with Gasteiger partial charge in [-0.3, -0.25) is 0 Å². The highest BCUT2D eigenvalue weighted by Gasteiger charge is 2.39. The summed E-state index contributed by atoms with van der Waals surface area (Å²) in [5.41, 5.74) is 7.70. The Morgan fingerprint density at radius 3 is 2.67 bits per heavy atom. The average Bonchev–Trinajstić information content (AvgIpc) is 2.38. The van der Waals surface area contributed by atoms with Crippen LogP contribution in [0.1, 0.15) is 30.7 Å². The normalized spacial score (nSPS) is 20.7. The van der Waals surface area contributed by atoms with Crippen molar-refractivity contribution in [1.29, 1.82) is 0 Å². The van der Waals surface area contributed by atoms with Gasteiger partial charge in [-0.25, -0.2) is 9.97 Å². The first kappa shape index (κ1) is 13.0. The lowest BCUT2D eigenvalue weighted by Gasteiger charge is -2.23. The molecule has 1 aromatic rings. The fourth-order valence-electron chi connectivity index (χ4n) is 2.05. The topological polar surface area (TPSA) is 51.8 Å². The van der Waals surface area contributed by atoms with Gasteiger partial charge in [0.15, 0.2) is 0 Å². The molecule has 2 N–H and O–H groups in total. The summed E-state index contributed by atoms with van der Waals surface area (Å²) in [6.07, 6.45) is -0.530. The van der Waals surface area contributed by atoms with Crippen molar-refractivity contribution in [2.75, 3.05) is 0 Å². The van der Waals surface area contributed by atoms with Crippen molar-refractivity contribution in [3.63, 3.8) is 0 Å². The number of rotatable bonds is 2. The Morgan fingerprint density at radius 1 is 1.33 bits per heavy atom. The summed E-state index contributed by atoms with van der Waals surface area (Å²) in [5.74, 6) is -1.22. The van der Waals surface area contributed by atoms with E-state index in [1.165, 1.54) is 6.33 Å². The number of nitrogens with two attached hydrogens (primary N) is 1. The summed E-state index contributed by atoms with van der Waals surface area (Å²) in [4.78, 5) is 8.05. The van der Waals surface area contributed by atoms with E-state index in [4.69, 9.17) is 5.73 Å². The third-order valence-electron chi connectivity index (χ3n) is 3.14. The number of hydrogen-bond donors (Lipinski definition) is 1. The number of halogens is 3. The molecular formula is C12H14F3N3. The second-order valence-electron chi connectivity index (χ2n) is 4.34. The fourth-order valence-corrected chi connectivity index (χ4v) is 2.05. The molecule has 1 heterocycles. The highest BCUT2D eigenvalue weighted by atomic mass is 19.4. The van der Waals surface area contributed by atoms with E-state index in [9.17, 15) is 13.2 Å². The van der Waals surface area contributed by atoms with Crippen LogP contribution in [0.3, 0.4) is 0 Å². The highest BCUT2D eigenvalue weighted by Crippen LogP contribution is 2.38. The van der Waals surface area contributed by atoms with E-state index < -0.39 is 12.1 Å². The van der Waals surface area contributed by atoms with Gasteiger partial charge in [-0.1, -0.05) is 6.08 Å². The Balaban J connectivity index is 2.14. The summed E-state index contributed by atoms with van der Waals surface area (Å²) >= 11 is 0. The molecule has 98 valence electrons. The maximum absolute atomic E-state index is 12.5. The Bertz CT molecular complexity index is 454. The summed E-state index contributed by atoms with van der Waals surface area (Å²) in [6, 6.07) is 1.74. The Labute approximate surface area is 103 Å². The van der Waals surface area contributed by atoms with Crippen LogP contribution in [-0.2, 0) is 6.54 Å².